The summed E-state index contributed by atoms with van der Waals surface area (Å²) in [5.41, 5.74) is 4.58. The molecule has 0 spiro atoms. The van der Waals surface area contributed by atoms with Crippen LogP contribution in [0.3, 0.4) is 0 Å². The molecule has 0 aromatic heterocycles. The topological polar surface area (TPSA) is 54.1 Å². The Morgan fingerprint density at radius 1 is 0.667 bits per heavy atom. The van der Waals surface area contributed by atoms with Gasteiger partial charge in [0.25, 0.3) is 0 Å². The van der Waals surface area contributed by atoms with Gasteiger partial charge in [0.1, 0.15) is 12.1 Å². The zero-order chi connectivity index (χ0) is 21.9. The third kappa shape index (κ3) is 5.88. The Morgan fingerprint density at radius 2 is 1.00 bits per heavy atom. The van der Waals surface area contributed by atoms with Crippen molar-refractivity contribution in [2.24, 2.45) is 0 Å². The number of allylic oxidation sites excluding steroid dienone is 2. The number of nitrogens with zero attached hydrogens (tertiary/aromatic N) is 4. The summed E-state index contributed by atoms with van der Waals surface area (Å²) >= 11 is 0. The van der Waals surface area contributed by atoms with E-state index in [1.54, 1.807) is 0 Å². The molecule has 0 heterocycles. The summed E-state index contributed by atoms with van der Waals surface area (Å²) in [5, 5.41) is 19.6. The molecule has 4 nitrogen and oxygen atoms in total. The SMILES string of the molecule is CCCCN(C)c1ccc(/C(C#N)=C(\C#N)c2ccc(N(C)CCCC)cc2)cc1. The fourth-order valence-corrected chi connectivity index (χ4v) is 3.34. The highest BCUT2D eigenvalue weighted by atomic mass is 15.1. The molecule has 0 unspecified atom stereocenters. The quantitative estimate of drug-likeness (QED) is 0.356. The Hall–Kier alpha value is -3.24. The van der Waals surface area contributed by atoms with Gasteiger partial charge in [0.15, 0.2) is 0 Å². The van der Waals surface area contributed by atoms with E-state index < -0.39 is 0 Å². The monoisotopic (exact) mass is 400 g/mol. The predicted octanol–water partition coefficient (Wildman–Crippen LogP) is 6.12. The highest BCUT2D eigenvalue weighted by Gasteiger charge is 2.13. The van der Waals surface area contributed by atoms with Gasteiger partial charge >= 0.3 is 0 Å². The van der Waals surface area contributed by atoms with Gasteiger partial charge in [0.2, 0.25) is 0 Å². The third-order valence-electron chi connectivity index (χ3n) is 5.36. The molecule has 0 saturated heterocycles. The van der Waals surface area contributed by atoms with E-state index in [0.29, 0.717) is 11.1 Å². The maximum Gasteiger partial charge on any atom is 0.101 e. The van der Waals surface area contributed by atoms with Crippen LogP contribution in [0.25, 0.3) is 11.1 Å². The van der Waals surface area contributed by atoms with Crippen LogP contribution in [0.15, 0.2) is 48.5 Å². The normalized spacial score (nSPS) is 11.3. The molecule has 0 aliphatic carbocycles. The van der Waals surface area contributed by atoms with E-state index in [9.17, 15) is 10.5 Å². The highest BCUT2D eigenvalue weighted by molar-refractivity contribution is 6.02. The lowest BCUT2D eigenvalue weighted by molar-refractivity contribution is 0.767. The summed E-state index contributed by atoms with van der Waals surface area (Å²) in [7, 11) is 4.15. The van der Waals surface area contributed by atoms with Crippen molar-refractivity contribution >= 4 is 22.5 Å². The van der Waals surface area contributed by atoms with Gasteiger partial charge in [0.05, 0.1) is 11.1 Å². The largest absolute Gasteiger partial charge is 0.375 e. The van der Waals surface area contributed by atoms with Crippen molar-refractivity contribution in [2.45, 2.75) is 39.5 Å². The fraction of sp³-hybridized carbons (Fsp3) is 0.385. The first-order valence-electron chi connectivity index (χ1n) is 10.7. The van der Waals surface area contributed by atoms with E-state index in [2.05, 4.69) is 49.9 Å². The molecule has 0 atom stereocenters. The second-order valence-electron chi connectivity index (χ2n) is 7.62. The average molecular weight is 401 g/mol. The molecule has 0 amide bonds. The lowest BCUT2D eigenvalue weighted by atomic mass is 9.96. The van der Waals surface area contributed by atoms with Gasteiger partial charge in [0, 0.05) is 38.6 Å². The number of nitriles is 2. The zero-order valence-corrected chi connectivity index (χ0v) is 18.7. The summed E-state index contributed by atoms with van der Waals surface area (Å²) in [6.45, 7) is 6.36. The van der Waals surface area contributed by atoms with E-state index in [4.69, 9.17) is 0 Å². The Kier molecular flexibility index (Phi) is 8.98. The van der Waals surface area contributed by atoms with Crippen LogP contribution in [0.4, 0.5) is 11.4 Å². The Morgan fingerprint density at radius 3 is 1.27 bits per heavy atom. The van der Waals surface area contributed by atoms with Crippen molar-refractivity contribution in [2.75, 3.05) is 37.0 Å². The van der Waals surface area contributed by atoms with Crippen LogP contribution in [0.5, 0.6) is 0 Å². The van der Waals surface area contributed by atoms with Gasteiger partial charge in [-0.25, -0.2) is 0 Å². The number of anilines is 2. The zero-order valence-electron chi connectivity index (χ0n) is 18.7. The van der Waals surface area contributed by atoms with E-state index in [-0.39, 0.29) is 0 Å². The van der Waals surface area contributed by atoms with Crippen LogP contribution in [0, 0.1) is 22.7 Å². The Labute approximate surface area is 181 Å². The third-order valence-corrected chi connectivity index (χ3v) is 5.36. The molecule has 0 aliphatic heterocycles. The molecule has 0 saturated carbocycles. The first-order valence-corrected chi connectivity index (χ1v) is 10.7. The van der Waals surface area contributed by atoms with Crippen molar-refractivity contribution < 1.29 is 0 Å². The lowest BCUT2D eigenvalue weighted by Gasteiger charge is -2.19. The minimum Gasteiger partial charge on any atom is -0.375 e. The van der Waals surface area contributed by atoms with Crippen LogP contribution in [-0.4, -0.2) is 27.2 Å². The smallest absolute Gasteiger partial charge is 0.101 e. The Balaban J connectivity index is 2.30. The Bertz CT molecular complexity index is 834. The molecule has 0 bridgehead atoms. The summed E-state index contributed by atoms with van der Waals surface area (Å²) in [5.74, 6) is 0. The summed E-state index contributed by atoms with van der Waals surface area (Å²) in [4.78, 5) is 4.42. The second-order valence-corrected chi connectivity index (χ2v) is 7.62. The van der Waals surface area contributed by atoms with Crippen LogP contribution >= 0.6 is 0 Å². The van der Waals surface area contributed by atoms with E-state index in [1.165, 1.54) is 0 Å². The fourth-order valence-electron chi connectivity index (χ4n) is 3.34. The predicted molar refractivity (Wildman–Crippen MR) is 127 cm³/mol. The van der Waals surface area contributed by atoms with Gasteiger partial charge in [-0.05, 0) is 48.2 Å². The number of hydrogen-bond acceptors (Lipinski definition) is 4. The number of benzene rings is 2. The molecule has 0 N–H and O–H groups in total. The molecular weight excluding hydrogens is 368 g/mol. The molecular formula is C26H32N4. The molecule has 0 radical (unpaired) electrons. The molecule has 0 fully saturated rings. The van der Waals surface area contributed by atoms with Crippen LogP contribution in [-0.2, 0) is 0 Å². The minimum absolute atomic E-state index is 0.410. The molecule has 156 valence electrons. The second kappa shape index (κ2) is 11.7. The lowest BCUT2D eigenvalue weighted by Crippen LogP contribution is -2.18. The standard InChI is InChI=1S/C26H32N4/c1-5-7-17-29(3)23-13-9-21(10-14-23)25(19-27)26(20-28)22-11-15-24(16-12-22)30(4)18-8-6-2/h9-16H,5-8,17-18H2,1-4H3/b26-25+. The van der Waals surface area contributed by atoms with Crippen molar-refractivity contribution in [3.63, 3.8) is 0 Å². The van der Waals surface area contributed by atoms with Crippen LogP contribution in [0.1, 0.15) is 50.7 Å². The summed E-state index contributed by atoms with van der Waals surface area (Å²) < 4.78 is 0. The van der Waals surface area contributed by atoms with Gasteiger partial charge in [-0.3, -0.25) is 0 Å². The molecule has 30 heavy (non-hydrogen) atoms. The van der Waals surface area contributed by atoms with Crippen molar-refractivity contribution in [1.29, 1.82) is 10.5 Å². The highest BCUT2D eigenvalue weighted by Crippen LogP contribution is 2.28. The molecule has 2 aromatic carbocycles. The molecule has 0 aliphatic rings. The summed E-state index contributed by atoms with van der Waals surface area (Å²) in [6, 6.07) is 20.3. The van der Waals surface area contributed by atoms with Crippen molar-refractivity contribution in [3.05, 3.63) is 59.7 Å². The first-order chi connectivity index (χ1) is 14.5. The van der Waals surface area contributed by atoms with Crippen LogP contribution in [0.2, 0.25) is 0 Å². The number of unbranched alkanes of at least 4 members (excludes halogenated alkanes) is 2. The molecule has 4 heteroatoms. The van der Waals surface area contributed by atoms with E-state index in [0.717, 1.165) is 61.3 Å². The van der Waals surface area contributed by atoms with Gasteiger partial charge < -0.3 is 9.80 Å². The van der Waals surface area contributed by atoms with Gasteiger partial charge in [-0.1, -0.05) is 51.0 Å². The van der Waals surface area contributed by atoms with Crippen molar-refractivity contribution in [1.82, 2.24) is 0 Å². The average Bonchev–Trinajstić information content (AvgIpc) is 2.79. The van der Waals surface area contributed by atoms with Crippen LogP contribution < -0.4 is 9.80 Å². The minimum atomic E-state index is 0.410. The van der Waals surface area contributed by atoms with E-state index >= 15 is 0 Å². The van der Waals surface area contributed by atoms with Gasteiger partial charge in [-0.15, -0.1) is 0 Å². The number of hydrogen-bond donors (Lipinski definition) is 0. The van der Waals surface area contributed by atoms with E-state index in [1.807, 2.05) is 48.5 Å². The number of rotatable bonds is 10. The molecule has 2 rings (SSSR count). The maximum atomic E-state index is 9.80. The van der Waals surface area contributed by atoms with Gasteiger partial charge in [-0.2, -0.15) is 10.5 Å². The van der Waals surface area contributed by atoms with Crippen molar-refractivity contribution in [3.8, 4) is 12.1 Å². The molecule has 2 aromatic rings. The summed E-state index contributed by atoms with van der Waals surface area (Å²) in [6.07, 6.45) is 4.60. The first kappa shape index (κ1) is 23.0. The maximum absolute atomic E-state index is 9.80.